The van der Waals surface area contributed by atoms with Crippen molar-refractivity contribution in [3.8, 4) is 5.75 Å². The Kier molecular flexibility index (Phi) is 4.03. The molecule has 3 N–H and O–H groups in total. The minimum Gasteiger partial charge on any atom is -0.494 e. The van der Waals surface area contributed by atoms with Gasteiger partial charge in [0.25, 0.3) is 0 Å². The van der Waals surface area contributed by atoms with Crippen LogP contribution in [0.1, 0.15) is 17.3 Å². The van der Waals surface area contributed by atoms with Crippen LogP contribution in [0.3, 0.4) is 0 Å². The third-order valence-electron chi connectivity index (χ3n) is 2.72. The van der Waals surface area contributed by atoms with Crippen molar-refractivity contribution in [3.63, 3.8) is 0 Å². The van der Waals surface area contributed by atoms with Gasteiger partial charge in [-0.15, -0.1) is 0 Å². The predicted octanol–water partition coefficient (Wildman–Crippen LogP) is 1.92. The van der Waals surface area contributed by atoms with E-state index >= 15 is 0 Å². The molecule has 0 bridgehead atoms. The minimum atomic E-state index is -0.527. The molecule has 0 aliphatic carbocycles. The maximum Gasteiger partial charge on any atom is 0.165 e. The van der Waals surface area contributed by atoms with E-state index < -0.39 is 17.7 Å². The first-order valence-electron chi connectivity index (χ1n) is 5.56. The SMILES string of the molecule is COc1ccc(C(NN)c2ccc(F)cn2)cc1F. The molecular weight excluding hydrogens is 252 g/mol. The fourth-order valence-corrected chi connectivity index (χ4v) is 1.77. The molecule has 0 spiro atoms. The lowest BCUT2D eigenvalue weighted by atomic mass is 10.0. The van der Waals surface area contributed by atoms with Gasteiger partial charge in [-0.2, -0.15) is 0 Å². The molecule has 4 nitrogen and oxygen atoms in total. The number of benzene rings is 1. The number of nitrogens with zero attached hydrogens (tertiary/aromatic N) is 1. The van der Waals surface area contributed by atoms with Crippen molar-refractivity contribution in [1.29, 1.82) is 0 Å². The summed E-state index contributed by atoms with van der Waals surface area (Å²) in [6.07, 6.45) is 1.08. The average molecular weight is 265 g/mol. The molecule has 100 valence electrons. The minimum absolute atomic E-state index is 0.145. The molecule has 0 radical (unpaired) electrons. The summed E-state index contributed by atoms with van der Waals surface area (Å²) in [4.78, 5) is 3.93. The molecule has 0 saturated carbocycles. The molecule has 1 aromatic heterocycles. The number of hydrogen-bond donors (Lipinski definition) is 2. The molecule has 1 aromatic carbocycles. The van der Waals surface area contributed by atoms with Crippen molar-refractivity contribution in [2.45, 2.75) is 6.04 Å². The van der Waals surface area contributed by atoms with E-state index in [1.807, 2.05) is 0 Å². The summed E-state index contributed by atoms with van der Waals surface area (Å²) in [5.41, 5.74) is 3.59. The second-order valence-electron chi connectivity index (χ2n) is 3.89. The highest BCUT2D eigenvalue weighted by Crippen LogP contribution is 2.24. The third-order valence-corrected chi connectivity index (χ3v) is 2.72. The molecule has 19 heavy (non-hydrogen) atoms. The highest BCUT2D eigenvalue weighted by atomic mass is 19.1. The predicted molar refractivity (Wildman–Crippen MR) is 66.3 cm³/mol. The summed E-state index contributed by atoms with van der Waals surface area (Å²) in [6.45, 7) is 0. The van der Waals surface area contributed by atoms with Crippen LogP contribution < -0.4 is 16.0 Å². The highest BCUT2D eigenvalue weighted by Gasteiger charge is 2.16. The van der Waals surface area contributed by atoms with Crippen LogP contribution in [0.5, 0.6) is 5.75 Å². The molecular formula is C13H13F2N3O. The second-order valence-corrected chi connectivity index (χ2v) is 3.89. The van der Waals surface area contributed by atoms with Crippen LogP contribution in [0.15, 0.2) is 36.5 Å². The van der Waals surface area contributed by atoms with Crippen LogP contribution in [0.2, 0.25) is 0 Å². The van der Waals surface area contributed by atoms with Crippen LogP contribution in [0.4, 0.5) is 8.78 Å². The van der Waals surface area contributed by atoms with Crippen molar-refractivity contribution >= 4 is 0 Å². The summed E-state index contributed by atoms with van der Waals surface area (Å²) < 4.78 is 31.3. The van der Waals surface area contributed by atoms with Crippen molar-refractivity contribution < 1.29 is 13.5 Å². The number of rotatable bonds is 4. The summed E-state index contributed by atoms with van der Waals surface area (Å²) in [7, 11) is 1.39. The Labute approximate surface area is 109 Å². The molecule has 1 atom stereocenters. The van der Waals surface area contributed by atoms with Gasteiger partial charge < -0.3 is 4.74 Å². The van der Waals surface area contributed by atoms with Gasteiger partial charge in [0.1, 0.15) is 5.82 Å². The Bertz CT molecular complexity index is 560. The van der Waals surface area contributed by atoms with Gasteiger partial charge in [0.15, 0.2) is 11.6 Å². The quantitative estimate of drug-likeness (QED) is 0.655. The van der Waals surface area contributed by atoms with Gasteiger partial charge in [-0.25, -0.2) is 14.2 Å². The van der Waals surface area contributed by atoms with E-state index in [1.54, 1.807) is 6.07 Å². The first-order valence-corrected chi connectivity index (χ1v) is 5.56. The number of hydrazine groups is 1. The Morgan fingerprint density at radius 2 is 2.05 bits per heavy atom. The van der Waals surface area contributed by atoms with E-state index in [2.05, 4.69) is 10.4 Å². The van der Waals surface area contributed by atoms with Gasteiger partial charge in [0.2, 0.25) is 0 Å². The molecule has 0 aliphatic heterocycles. The van der Waals surface area contributed by atoms with Gasteiger partial charge in [-0.05, 0) is 29.8 Å². The fraction of sp³-hybridized carbons (Fsp3) is 0.154. The molecule has 6 heteroatoms. The van der Waals surface area contributed by atoms with Gasteiger partial charge in [0, 0.05) is 0 Å². The Morgan fingerprint density at radius 1 is 1.26 bits per heavy atom. The van der Waals surface area contributed by atoms with Gasteiger partial charge in [-0.3, -0.25) is 10.8 Å². The maximum absolute atomic E-state index is 13.7. The molecule has 1 heterocycles. The Hall–Kier alpha value is -2.05. The lowest BCUT2D eigenvalue weighted by Gasteiger charge is -2.16. The monoisotopic (exact) mass is 265 g/mol. The van der Waals surface area contributed by atoms with Crippen LogP contribution in [-0.4, -0.2) is 12.1 Å². The van der Waals surface area contributed by atoms with Gasteiger partial charge in [-0.1, -0.05) is 6.07 Å². The van der Waals surface area contributed by atoms with Crippen molar-refractivity contribution in [2.24, 2.45) is 5.84 Å². The average Bonchev–Trinajstić information content (AvgIpc) is 2.42. The van der Waals surface area contributed by atoms with E-state index in [1.165, 1.54) is 31.4 Å². The number of hydrogen-bond acceptors (Lipinski definition) is 4. The number of ether oxygens (including phenoxy) is 1. The van der Waals surface area contributed by atoms with Gasteiger partial charge >= 0.3 is 0 Å². The van der Waals surface area contributed by atoms with Crippen LogP contribution in [0, 0.1) is 11.6 Å². The van der Waals surface area contributed by atoms with E-state index in [0.29, 0.717) is 11.3 Å². The molecule has 0 saturated heterocycles. The normalized spacial score (nSPS) is 12.2. The van der Waals surface area contributed by atoms with Crippen LogP contribution in [-0.2, 0) is 0 Å². The Morgan fingerprint density at radius 3 is 2.58 bits per heavy atom. The van der Waals surface area contributed by atoms with E-state index in [-0.39, 0.29) is 5.75 Å². The summed E-state index contributed by atoms with van der Waals surface area (Å²) >= 11 is 0. The number of aromatic nitrogens is 1. The Balaban J connectivity index is 2.36. The standard InChI is InChI=1S/C13H13F2N3O/c1-19-12-5-2-8(6-10(12)15)13(18-16)11-4-3-9(14)7-17-11/h2-7,13,18H,16H2,1H3. The zero-order valence-electron chi connectivity index (χ0n) is 10.2. The number of nitrogens with two attached hydrogens (primary N) is 1. The first-order chi connectivity index (χ1) is 9.15. The zero-order chi connectivity index (χ0) is 13.8. The zero-order valence-corrected chi connectivity index (χ0v) is 10.2. The van der Waals surface area contributed by atoms with Gasteiger partial charge in [0.05, 0.1) is 25.0 Å². The van der Waals surface area contributed by atoms with Crippen molar-refractivity contribution in [3.05, 3.63) is 59.4 Å². The molecule has 0 amide bonds. The van der Waals surface area contributed by atoms with E-state index in [4.69, 9.17) is 10.6 Å². The number of nitrogens with one attached hydrogen (secondary N) is 1. The summed E-state index contributed by atoms with van der Waals surface area (Å²) in [5.74, 6) is 4.66. The van der Waals surface area contributed by atoms with Crippen molar-refractivity contribution in [1.82, 2.24) is 10.4 Å². The summed E-state index contributed by atoms with van der Waals surface area (Å²) in [6, 6.07) is 6.69. The number of pyridine rings is 1. The fourth-order valence-electron chi connectivity index (χ4n) is 1.77. The van der Waals surface area contributed by atoms with E-state index in [9.17, 15) is 8.78 Å². The molecule has 1 unspecified atom stereocenters. The van der Waals surface area contributed by atoms with E-state index in [0.717, 1.165) is 6.20 Å². The smallest absolute Gasteiger partial charge is 0.165 e. The van der Waals surface area contributed by atoms with Crippen molar-refractivity contribution in [2.75, 3.05) is 7.11 Å². The molecule has 2 rings (SSSR count). The largest absolute Gasteiger partial charge is 0.494 e. The number of methoxy groups -OCH3 is 1. The highest BCUT2D eigenvalue weighted by molar-refractivity contribution is 5.34. The maximum atomic E-state index is 13.7. The molecule has 0 aliphatic rings. The molecule has 0 fully saturated rings. The van der Waals surface area contributed by atoms with Crippen LogP contribution in [0.25, 0.3) is 0 Å². The summed E-state index contributed by atoms with van der Waals surface area (Å²) in [5, 5.41) is 0. The topological polar surface area (TPSA) is 60.2 Å². The first kappa shape index (κ1) is 13.4. The van der Waals surface area contributed by atoms with Crippen LogP contribution >= 0.6 is 0 Å². The third kappa shape index (κ3) is 2.86. The lowest BCUT2D eigenvalue weighted by Crippen LogP contribution is -2.29. The number of halogens is 2. The second kappa shape index (κ2) is 5.73. The molecule has 2 aromatic rings. The lowest BCUT2D eigenvalue weighted by molar-refractivity contribution is 0.385.